The van der Waals surface area contributed by atoms with Crippen molar-refractivity contribution in [1.29, 1.82) is 0 Å². The number of nitrogens with one attached hydrogen (secondary N) is 3. The number of carbonyl (C=O) groups excluding carboxylic acids is 3. The van der Waals surface area contributed by atoms with Gasteiger partial charge in [0, 0.05) is 6.54 Å². The second kappa shape index (κ2) is 17.1. The van der Waals surface area contributed by atoms with E-state index in [0.717, 1.165) is 0 Å². The number of hydrogen-bond acceptors (Lipinski definition) is 9. The number of phenolic OH excluding ortho intramolecular Hbond substituents is 1. The van der Waals surface area contributed by atoms with Gasteiger partial charge in [0.2, 0.25) is 17.7 Å². The predicted molar refractivity (Wildman–Crippen MR) is 148 cm³/mol. The van der Waals surface area contributed by atoms with Crippen molar-refractivity contribution in [3.05, 3.63) is 29.8 Å². The smallest absolute Gasteiger partial charge is 0.326 e. The molecule has 0 aliphatic rings. The first kappa shape index (κ1) is 33.5. The normalized spacial score (nSPS) is 14.7. The Morgan fingerprint density at radius 1 is 0.974 bits per heavy atom. The number of carbonyl (C=O) groups is 4. The highest BCUT2D eigenvalue weighted by molar-refractivity contribution is 7.98. The Morgan fingerprint density at radius 2 is 1.59 bits per heavy atom. The fourth-order valence-electron chi connectivity index (χ4n) is 3.44. The van der Waals surface area contributed by atoms with Crippen LogP contribution in [0.4, 0.5) is 0 Å². The van der Waals surface area contributed by atoms with Gasteiger partial charge in [0.05, 0.1) is 12.1 Å². The van der Waals surface area contributed by atoms with Crippen LogP contribution >= 0.6 is 11.8 Å². The van der Waals surface area contributed by atoms with E-state index in [9.17, 15) is 34.5 Å². The lowest BCUT2D eigenvalue weighted by Gasteiger charge is -2.26. The van der Waals surface area contributed by atoms with Crippen LogP contribution in [0.1, 0.15) is 31.7 Å². The Kier molecular flexibility index (Phi) is 14.7. The van der Waals surface area contributed by atoms with E-state index in [1.54, 1.807) is 18.4 Å². The number of carboxylic acid groups (broad SMARTS) is 1. The summed E-state index contributed by atoms with van der Waals surface area (Å²) in [7, 11) is 0. The number of carboxylic acids is 1. The summed E-state index contributed by atoms with van der Waals surface area (Å²) in [5.41, 5.74) is 17.2. The van der Waals surface area contributed by atoms with Gasteiger partial charge in [0.1, 0.15) is 23.9 Å². The Balaban J connectivity index is 2.88. The molecule has 0 radical (unpaired) electrons. The quantitative estimate of drug-likeness (QED) is 0.0562. The monoisotopic (exact) mass is 569 g/mol. The summed E-state index contributed by atoms with van der Waals surface area (Å²) in [6.07, 6.45) is 1.08. The van der Waals surface area contributed by atoms with Crippen molar-refractivity contribution in [2.24, 2.45) is 22.2 Å². The van der Waals surface area contributed by atoms with Gasteiger partial charge in [-0.25, -0.2) is 4.79 Å². The molecule has 14 nitrogen and oxygen atoms in total. The number of nitrogens with zero attached hydrogens (tertiary/aromatic N) is 1. The summed E-state index contributed by atoms with van der Waals surface area (Å²) >= 11 is 1.41. The van der Waals surface area contributed by atoms with Crippen LogP contribution in [0.5, 0.6) is 5.75 Å². The zero-order chi connectivity index (χ0) is 29.5. The van der Waals surface area contributed by atoms with Crippen LogP contribution in [0.25, 0.3) is 0 Å². The maximum Gasteiger partial charge on any atom is 0.326 e. The van der Waals surface area contributed by atoms with Gasteiger partial charge in [-0.2, -0.15) is 11.8 Å². The summed E-state index contributed by atoms with van der Waals surface area (Å²) in [5, 5.41) is 36.4. The van der Waals surface area contributed by atoms with Crippen LogP contribution in [0.3, 0.4) is 0 Å². The first-order valence-electron chi connectivity index (χ1n) is 12.3. The topological polar surface area (TPSA) is 255 Å². The molecule has 0 saturated heterocycles. The molecule has 0 saturated carbocycles. The molecular formula is C24H39N7O7S. The molecule has 1 aromatic carbocycles. The number of aliphatic imine (C=N–C) groups is 1. The SMILES string of the molecule is CSCCC(NC(=O)C(NC(=O)C(N)Cc1ccc(O)cc1)C(C)O)C(=O)NC(CCCN=C(N)N)C(=O)O. The number of aliphatic hydroxyl groups excluding tert-OH is 1. The molecule has 5 atom stereocenters. The highest BCUT2D eigenvalue weighted by Crippen LogP contribution is 2.11. The van der Waals surface area contributed by atoms with Gasteiger partial charge < -0.3 is 48.5 Å². The van der Waals surface area contributed by atoms with Gasteiger partial charge >= 0.3 is 5.97 Å². The molecule has 15 heteroatoms. The molecule has 39 heavy (non-hydrogen) atoms. The number of benzene rings is 1. The third-order valence-corrected chi connectivity index (χ3v) is 6.24. The lowest BCUT2D eigenvalue weighted by Crippen LogP contribution is -2.60. The minimum atomic E-state index is -1.43. The van der Waals surface area contributed by atoms with E-state index in [2.05, 4.69) is 20.9 Å². The summed E-state index contributed by atoms with van der Waals surface area (Å²) in [5.74, 6) is -3.15. The van der Waals surface area contributed by atoms with Crippen molar-refractivity contribution < 1.29 is 34.5 Å². The van der Waals surface area contributed by atoms with Crippen LogP contribution < -0.4 is 33.2 Å². The molecule has 218 valence electrons. The van der Waals surface area contributed by atoms with Crippen molar-refractivity contribution in [1.82, 2.24) is 16.0 Å². The molecule has 12 N–H and O–H groups in total. The minimum absolute atomic E-state index is 0.0479. The summed E-state index contributed by atoms with van der Waals surface area (Å²) in [4.78, 5) is 54.0. The molecule has 0 spiro atoms. The van der Waals surface area contributed by atoms with E-state index in [0.29, 0.717) is 11.3 Å². The standard InChI is InChI=1S/C24H39N7O7S/c1-13(32)19(31-20(34)16(25)12-14-5-7-15(33)8-6-14)22(36)29-17(9-11-39-2)21(35)30-18(23(37)38)4-3-10-28-24(26)27/h5-8,13,16-19,32-33H,3-4,9-12,25H2,1-2H3,(H,29,36)(H,30,35)(H,31,34)(H,37,38)(H4,26,27,28). The van der Waals surface area contributed by atoms with Crippen molar-refractivity contribution >= 4 is 41.4 Å². The Labute approximate surface area is 231 Å². The number of nitrogens with two attached hydrogens (primary N) is 3. The van der Waals surface area contributed by atoms with E-state index in [1.165, 1.54) is 30.8 Å². The van der Waals surface area contributed by atoms with Crippen molar-refractivity contribution in [2.75, 3.05) is 18.6 Å². The average Bonchev–Trinajstić information content (AvgIpc) is 2.87. The number of aromatic hydroxyl groups is 1. The highest BCUT2D eigenvalue weighted by atomic mass is 32.2. The number of hydrogen-bond donors (Lipinski definition) is 9. The molecule has 0 heterocycles. The van der Waals surface area contributed by atoms with Gasteiger partial charge in [-0.15, -0.1) is 0 Å². The molecule has 5 unspecified atom stereocenters. The number of rotatable bonds is 17. The zero-order valence-corrected chi connectivity index (χ0v) is 22.8. The number of aliphatic carboxylic acids is 1. The highest BCUT2D eigenvalue weighted by Gasteiger charge is 2.32. The first-order valence-corrected chi connectivity index (χ1v) is 13.6. The summed E-state index contributed by atoms with van der Waals surface area (Å²) in [6.45, 7) is 1.48. The molecular weight excluding hydrogens is 530 g/mol. The Hall–Kier alpha value is -3.56. The Bertz CT molecular complexity index is 988. The van der Waals surface area contributed by atoms with Gasteiger partial charge in [0.25, 0.3) is 0 Å². The summed E-state index contributed by atoms with van der Waals surface area (Å²) < 4.78 is 0. The van der Waals surface area contributed by atoms with Crippen LogP contribution in [0.2, 0.25) is 0 Å². The summed E-state index contributed by atoms with van der Waals surface area (Å²) in [6, 6.07) is 1.23. The second-order valence-corrected chi connectivity index (χ2v) is 9.88. The molecule has 0 aliphatic carbocycles. The molecule has 0 bridgehead atoms. The zero-order valence-electron chi connectivity index (χ0n) is 22.0. The lowest BCUT2D eigenvalue weighted by atomic mass is 10.0. The van der Waals surface area contributed by atoms with Gasteiger partial charge in [0.15, 0.2) is 5.96 Å². The number of aliphatic hydroxyl groups is 1. The van der Waals surface area contributed by atoms with Gasteiger partial charge in [-0.1, -0.05) is 12.1 Å². The van der Waals surface area contributed by atoms with Crippen LogP contribution in [-0.2, 0) is 25.6 Å². The van der Waals surface area contributed by atoms with E-state index in [4.69, 9.17) is 17.2 Å². The molecule has 0 fully saturated rings. The first-order chi connectivity index (χ1) is 18.3. The third-order valence-electron chi connectivity index (χ3n) is 5.59. The predicted octanol–water partition coefficient (Wildman–Crippen LogP) is -2.01. The third kappa shape index (κ3) is 12.7. The molecule has 3 amide bonds. The van der Waals surface area contributed by atoms with Crippen LogP contribution in [-0.4, -0.2) is 93.8 Å². The number of thioether (sulfide) groups is 1. The van der Waals surface area contributed by atoms with Crippen molar-refractivity contribution in [3.63, 3.8) is 0 Å². The van der Waals surface area contributed by atoms with Crippen LogP contribution in [0, 0.1) is 0 Å². The van der Waals surface area contributed by atoms with E-state index in [1.807, 2.05) is 0 Å². The maximum atomic E-state index is 13.0. The molecule has 0 aliphatic heterocycles. The largest absolute Gasteiger partial charge is 0.508 e. The minimum Gasteiger partial charge on any atom is -0.508 e. The van der Waals surface area contributed by atoms with E-state index in [-0.39, 0.29) is 43.9 Å². The number of amides is 3. The lowest BCUT2D eigenvalue weighted by molar-refractivity contribution is -0.142. The van der Waals surface area contributed by atoms with Crippen LogP contribution in [0.15, 0.2) is 29.3 Å². The average molecular weight is 570 g/mol. The second-order valence-electron chi connectivity index (χ2n) is 8.89. The van der Waals surface area contributed by atoms with E-state index < -0.39 is 54.0 Å². The number of guanidine groups is 1. The number of phenols is 1. The fraction of sp³-hybridized carbons (Fsp3) is 0.542. The fourth-order valence-corrected chi connectivity index (χ4v) is 3.91. The Morgan fingerprint density at radius 3 is 2.13 bits per heavy atom. The van der Waals surface area contributed by atoms with Gasteiger partial charge in [-0.3, -0.25) is 19.4 Å². The molecule has 0 aromatic heterocycles. The van der Waals surface area contributed by atoms with Gasteiger partial charge in [-0.05, 0) is 62.3 Å². The molecule has 1 aromatic rings. The molecule has 1 rings (SSSR count). The van der Waals surface area contributed by atoms with Crippen molar-refractivity contribution in [3.8, 4) is 5.75 Å². The van der Waals surface area contributed by atoms with E-state index >= 15 is 0 Å². The maximum absolute atomic E-state index is 13.0. The van der Waals surface area contributed by atoms with Crippen molar-refractivity contribution in [2.45, 2.75) is 62.9 Å².